The van der Waals surface area contributed by atoms with Crippen LogP contribution >= 0.6 is 11.3 Å². The van der Waals surface area contributed by atoms with E-state index < -0.39 is 0 Å². The van der Waals surface area contributed by atoms with Crippen LogP contribution in [0.2, 0.25) is 0 Å². The topological polar surface area (TPSA) is 68.8 Å². The van der Waals surface area contributed by atoms with Gasteiger partial charge in [0.25, 0.3) is 0 Å². The number of hydrogen-bond acceptors (Lipinski definition) is 5. The first-order valence-corrected chi connectivity index (χ1v) is 7.53. The highest BCUT2D eigenvalue weighted by Gasteiger charge is 2.29. The van der Waals surface area contributed by atoms with Crippen LogP contribution in [0.4, 0.5) is 0 Å². The second kappa shape index (κ2) is 5.40. The Labute approximate surface area is 116 Å². The summed E-state index contributed by atoms with van der Waals surface area (Å²) >= 11 is 1.87. The number of aromatic nitrogens is 3. The SMILES string of the molecule is Cn1ncnc1CC(NN)C1CCCc2sccc21. The van der Waals surface area contributed by atoms with E-state index in [1.807, 2.05) is 23.1 Å². The normalized spacial score (nSPS) is 20.2. The van der Waals surface area contributed by atoms with E-state index in [1.54, 1.807) is 6.33 Å². The Balaban J connectivity index is 1.82. The molecule has 1 aliphatic carbocycles. The van der Waals surface area contributed by atoms with E-state index >= 15 is 0 Å². The molecule has 0 radical (unpaired) electrons. The number of hydrazine groups is 1. The number of aryl methyl sites for hydroxylation is 2. The van der Waals surface area contributed by atoms with Crippen molar-refractivity contribution in [3.8, 4) is 0 Å². The average Bonchev–Trinajstić information content (AvgIpc) is 3.04. The highest BCUT2D eigenvalue weighted by molar-refractivity contribution is 7.10. The van der Waals surface area contributed by atoms with E-state index in [0.717, 1.165) is 12.2 Å². The van der Waals surface area contributed by atoms with Crippen LogP contribution in [0, 0.1) is 0 Å². The molecule has 0 fully saturated rings. The van der Waals surface area contributed by atoms with Crippen LogP contribution in [-0.4, -0.2) is 20.8 Å². The zero-order valence-electron chi connectivity index (χ0n) is 11.0. The van der Waals surface area contributed by atoms with Gasteiger partial charge in [-0.2, -0.15) is 5.10 Å². The third-order valence-electron chi connectivity index (χ3n) is 4.01. The van der Waals surface area contributed by atoms with Gasteiger partial charge >= 0.3 is 0 Å². The molecule has 0 aromatic carbocycles. The van der Waals surface area contributed by atoms with Gasteiger partial charge in [0.15, 0.2) is 0 Å². The molecule has 0 amide bonds. The molecule has 3 rings (SSSR count). The number of nitrogens with zero attached hydrogens (tertiary/aromatic N) is 3. The summed E-state index contributed by atoms with van der Waals surface area (Å²) < 4.78 is 1.82. The number of thiophene rings is 1. The maximum atomic E-state index is 5.79. The number of nitrogens with two attached hydrogens (primary N) is 1. The van der Waals surface area contributed by atoms with Crippen molar-refractivity contribution in [1.82, 2.24) is 20.2 Å². The van der Waals surface area contributed by atoms with Gasteiger partial charge in [0, 0.05) is 30.3 Å². The van der Waals surface area contributed by atoms with Gasteiger partial charge < -0.3 is 0 Å². The van der Waals surface area contributed by atoms with Crippen molar-refractivity contribution in [2.24, 2.45) is 12.9 Å². The predicted octanol–water partition coefficient (Wildman–Crippen LogP) is 1.37. The fourth-order valence-corrected chi connectivity index (χ4v) is 3.96. The van der Waals surface area contributed by atoms with E-state index in [-0.39, 0.29) is 6.04 Å². The molecule has 1 aliphatic rings. The summed E-state index contributed by atoms with van der Waals surface area (Å²) in [6, 6.07) is 2.47. The molecule has 6 heteroatoms. The summed E-state index contributed by atoms with van der Waals surface area (Å²) in [7, 11) is 1.92. The van der Waals surface area contributed by atoms with Gasteiger partial charge in [-0.3, -0.25) is 16.0 Å². The van der Waals surface area contributed by atoms with Crippen molar-refractivity contribution < 1.29 is 0 Å². The minimum absolute atomic E-state index is 0.219. The molecule has 3 N–H and O–H groups in total. The van der Waals surface area contributed by atoms with E-state index in [9.17, 15) is 0 Å². The van der Waals surface area contributed by atoms with Crippen molar-refractivity contribution in [1.29, 1.82) is 0 Å². The Hall–Kier alpha value is -1.24. The zero-order chi connectivity index (χ0) is 13.2. The number of fused-ring (bicyclic) bond motifs is 1. The maximum Gasteiger partial charge on any atom is 0.138 e. The molecule has 0 saturated heterocycles. The fraction of sp³-hybridized carbons (Fsp3) is 0.538. The van der Waals surface area contributed by atoms with Crippen LogP contribution in [-0.2, 0) is 19.9 Å². The fourth-order valence-electron chi connectivity index (χ4n) is 2.96. The Morgan fingerprint density at radius 1 is 1.63 bits per heavy atom. The summed E-state index contributed by atoms with van der Waals surface area (Å²) in [5.41, 5.74) is 4.46. The summed E-state index contributed by atoms with van der Waals surface area (Å²) in [6.45, 7) is 0. The standard InChI is InChI=1S/C13H19N5S/c1-18-13(15-8-16-18)7-11(17-14)9-3-2-4-12-10(9)5-6-19-12/h5-6,8-9,11,17H,2-4,7,14H2,1H3. The van der Waals surface area contributed by atoms with Crippen molar-refractivity contribution in [3.05, 3.63) is 34.0 Å². The smallest absolute Gasteiger partial charge is 0.138 e. The van der Waals surface area contributed by atoms with Crippen LogP contribution in [0.25, 0.3) is 0 Å². The van der Waals surface area contributed by atoms with Crippen LogP contribution in [0.3, 0.4) is 0 Å². The van der Waals surface area contributed by atoms with E-state index in [4.69, 9.17) is 5.84 Å². The zero-order valence-corrected chi connectivity index (χ0v) is 11.9. The van der Waals surface area contributed by atoms with Crippen LogP contribution in [0.1, 0.15) is 35.0 Å². The Kier molecular flexibility index (Phi) is 3.63. The third kappa shape index (κ3) is 2.43. The lowest BCUT2D eigenvalue weighted by atomic mass is 9.81. The van der Waals surface area contributed by atoms with E-state index in [0.29, 0.717) is 5.92 Å². The Bertz CT molecular complexity index is 547. The van der Waals surface area contributed by atoms with Gasteiger partial charge in [0.1, 0.15) is 12.2 Å². The Morgan fingerprint density at radius 3 is 3.26 bits per heavy atom. The summed E-state index contributed by atoms with van der Waals surface area (Å²) in [4.78, 5) is 5.82. The minimum Gasteiger partial charge on any atom is -0.271 e. The molecule has 2 aromatic heterocycles. The van der Waals surface area contributed by atoms with Crippen molar-refractivity contribution in [3.63, 3.8) is 0 Å². The molecule has 2 heterocycles. The van der Waals surface area contributed by atoms with Gasteiger partial charge in [-0.1, -0.05) is 0 Å². The van der Waals surface area contributed by atoms with Crippen molar-refractivity contribution in [2.75, 3.05) is 0 Å². The summed E-state index contributed by atoms with van der Waals surface area (Å²) in [5, 5.41) is 6.32. The second-order valence-electron chi connectivity index (χ2n) is 5.07. The van der Waals surface area contributed by atoms with E-state index in [2.05, 4.69) is 27.0 Å². The highest BCUT2D eigenvalue weighted by Crippen LogP contribution is 2.37. The van der Waals surface area contributed by atoms with Gasteiger partial charge in [-0.25, -0.2) is 4.98 Å². The third-order valence-corrected chi connectivity index (χ3v) is 5.00. The van der Waals surface area contributed by atoms with Crippen molar-refractivity contribution in [2.45, 2.75) is 37.6 Å². The molecular weight excluding hydrogens is 258 g/mol. The Morgan fingerprint density at radius 2 is 2.53 bits per heavy atom. The molecule has 0 spiro atoms. The molecule has 5 nitrogen and oxygen atoms in total. The average molecular weight is 277 g/mol. The molecule has 19 heavy (non-hydrogen) atoms. The summed E-state index contributed by atoms with van der Waals surface area (Å²) in [5.74, 6) is 7.25. The predicted molar refractivity (Wildman–Crippen MR) is 75.8 cm³/mol. The second-order valence-corrected chi connectivity index (χ2v) is 6.08. The van der Waals surface area contributed by atoms with Crippen molar-refractivity contribution >= 4 is 11.3 Å². The largest absolute Gasteiger partial charge is 0.271 e. The quantitative estimate of drug-likeness (QED) is 0.654. The molecule has 2 atom stereocenters. The lowest BCUT2D eigenvalue weighted by Gasteiger charge is -2.30. The minimum atomic E-state index is 0.219. The lowest BCUT2D eigenvalue weighted by Crippen LogP contribution is -2.42. The van der Waals surface area contributed by atoms with E-state index in [1.165, 1.54) is 29.7 Å². The maximum absolute atomic E-state index is 5.79. The number of rotatable bonds is 4. The molecular formula is C13H19N5S. The van der Waals surface area contributed by atoms with Gasteiger partial charge in [-0.05, 0) is 36.3 Å². The van der Waals surface area contributed by atoms with Crippen LogP contribution < -0.4 is 11.3 Å². The van der Waals surface area contributed by atoms with Gasteiger partial charge in [0.05, 0.1) is 0 Å². The van der Waals surface area contributed by atoms with Crippen LogP contribution in [0.5, 0.6) is 0 Å². The molecule has 2 unspecified atom stereocenters. The first-order valence-electron chi connectivity index (χ1n) is 6.65. The molecule has 2 aromatic rings. The molecule has 0 saturated carbocycles. The van der Waals surface area contributed by atoms with Gasteiger partial charge in [0.2, 0.25) is 0 Å². The molecule has 0 bridgehead atoms. The molecule has 102 valence electrons. The van der Waals surface area contributed by atoms with Gasteiger partial charge in [-0.15, -0.1) is 11.3 Å². The number of hydrogen-bond donors (Lipinski definition) is 2. The monoisotopic (exact) mass is 277 g/mol. The van der Waals surface area contributed by atoms with Crippen LogP contribution in [0.15, 0.2) is 17.8 Å². The first kappa shape index (κ1) is 12.8. The number of nitrogens with one attached hydrogen (secondary N) is 1. The molecule has 0 aliphatic heterocycles. The first-order chi connectivity index (χ1) is 9.29. The lowest BCUT2D eigenvalue weighted by molar-refractivity contribution is 0.388. The summed E-state index contributed by atoms with van der Waals surface area (Å²) in [6.07, 6.45) is 6.06. The highest BCUT2D eigenvalue weighted by atomic mass is 32.1.